The Morgan fingerprint density at radius 2 is 1.61 bits per heavy atom. The molecule has 0 radical (unpaired) electrons. The van der Waals surface area contributed by atoms with Crippen LogP contribution >= 0.6 is 0 Å². The van der Waals surface area contributed by atoms with Crippen LogP contribution in [-0.2, 0) is 32.1 Å². The third kappa shape index (κ3) is 7.45. The van der Waals surface area contributed by atoms with E-state index in [4.69, 9.17) is 10.5 Å². The van der Waals surface area contributed by atoms with Gasteiger partial charge >= 0.3 is 6.09 Å². The fraction of sp³-hybridized carbons (Fsp3) is 0.360. The summed E-state index contributed by atoms with van der Waals surface area (Å²) in [5.41, 5.74) is 7.19. The lowest BCUT2D eigenvalue weighted by molar-refractivity contribution is -0.131. The van der Waals surface area contributed by atoms with E-state index in [0.717, 1.165) is 11.1 Å². The van der Waals surface area contributed by atoms with Crippen LogP contribution in [0.3, 0.4) is 0 Å². The summed E-state index contributed by atoms with van der Waals surface area (Å²) >= 11 is 0. The van der Waals surface area contributed by atoms with Gasteiger partial charge in [0.1, 0.15) is 24.5 Å². The van der Waals surface area contributed by atoms with E-state index in [0.29, 0.717) is 19.3 Å². The van der Waals surface area contributed by atoms with E-state index in [2.05, 4.69) is 10.6 Å². The molecule has 8 heteroatoms. The molecule has 0 heterocycles. The standard InChI is InChI=1S/C25H29N3O5/c26-23(30)22(19-12-7-13-20(29)15-19)28-24(31)21(14-17-8-3-1-4-9-17)27-25(32)33-16-18-10-5-2-6-11-18/h1-6,8-11,19,21-22H,7,12-16H2,(H2,26,30)(H,27,32)(H,28,31)/t19-,21+,22+/m0/s1. The summed E-state index contributed by atoms with van der Waals surface area (Å²) in [6.45, 7) is 0.0560. The Bertz CT molecular complexity index is 965. The minimum Gasteiger partial charge on any atom is -0.445 e. The van der Waals surface area contributed by atoms with Gasteiger partial charge in [-0.3, -0.25) is 14.4 Å². The van der Waals surface area contributed by atoms with Crippen LogP contribution in [0.25, 0.3) is 0 Å². The quantitative estimate of drug-likeness (QED) is 0.539. The van der Waals surface area contributed by atoms with Gasteiger partial charge in [-0.05, 0) is 29.9 Å². The number of nitrogens with one attached hydrogen (secondary N) is 2. The highest BCUT2D eigenvalue weighted by Gasteiger charge is 2.34. The lowest BCUT2D eigenvalue weighted by Gasteiger charge is -2.29. The van der Waals surface area contributed by atoms with Crippen molar-refractivity contribution in [2.75, 3.05) is 0 Å². The Hall–Kier alpha value is -3.68. The fourth-order valence-corrected chi connectivity index (χ4v) is 3.98. The summed E-state index contributed by atoms with van der Waals surface area (Å²) in [6.07, 6.45) is 1.39. The SMILES string of the molecule is NC(=O)[C@H](NC(=O)[C@@H](Cc1ccccc1)NC(=O)OCc1ccccc1)[C@H]1CCCC(=O)C1. The number of ether oxygens (including phenoxy) is 1. The van der Waals surface area contributed by atoms with Gasteiger partial charge in [0.15, 0.2) is 0 Å². The van der Waals surface area contributed by atoms with Crippen LogP contribution in [0.15, 0.2) is 60.7 Å². The Kier molecular flexibility index (Phi) is 8.57. The van der Waals surface area contributed by atoms with E-state index < -0.39 is 30.0 Å². The summed E-state index contributed by atoms with van der Waals surface area (Å²) in [5.74, 6) is -1.56. The molecule has 3 amide bonds. The maximum Gasteiger partial charge on any atom is 0.408 e. The largest absolute Gasteiger partial charge is 0.445 e. The Morgan fingerprint density at radius 1 is 0.970 bits per heavy atom. The van der Waals surface area contributed by atoms with Gasteiger partial charge in [0.05, 0.1) is 0 Å². The van der Waals surface area contributed by atoms with Crippen molar-refractivity contribution in [3.63, 3.8) is 0 Å². The number of carbonyl (C=O) groups is 4. The number of ketones is 1. The van der Waals surface area contributed by atoms with Crippen LogP contribution < -0.4 is 16.4 Å². The number of primary amides is 1. The van der Waals surface area contributed by atoms with Crippen molar-refractivity contribution in [2.24, 2.45) is 11.7 Å². The summed E-state index contributed by atoms with van der Waals surface area (Å²) in [5, 5.41) is 5.27. The average molecular weight is 452 g/mol. The van der Waals surface area contributed by atoms with Gasteiger partial charge in [0.25, 0.3) is 0 Å². The highest BCUT2D eigenvalue weighted by atomic mass is 16.5. The van der Waals surface area contributed by atoms with E-state index in [1.165, 1.54) is 0 Å². The monoisotopic (exact) mass is 451 g/mol. The summed E-state index contributed by atoms with van der Waals surface area (Å²) < 4.78 is 5.26. The van der Waals surface area contributed by atoms with Crippen LogP contribution in [0, 0.1) is 5.92 Å². The van der Waals surface area contributed by atoms with Crippen LogP contribution in [0.4, 0.5) is 4.79 Å². The second-order valence-corrected chi connectivity index (χ2v) is 8.23. The molecule has 3 atom stereocenters. The van der Waals surface area contributed by atoms with Crippen molar-refractivity contribution >= 4 is 23.7 Å². The highest BCUT2D eigenvalue weighted by Crippen LogP contribution is 2.24. The fourth-order valence-electron chi connectivity index (χ4n) is 3.98. The molecule has 0 aliphatic heterocycles. The number of nitrogens with two attached hydrogens (primary N) is 1. The molecule has 0 bridgehead atoms. The lowest BCUT2D eigenvalue weighted by Crippen LogP contribution is -2.56. The van der Waals surface area contributed by atoms with E-state index in [-0.39, 0.29) is 31.1 Å². The maximum absolute atomic E-state index is 13.1. The minimum atomic E-state index is -0.989. The number of hydrogen-bond donors (Lipinski definition) is 3. The highest BCUT2D eigenvalue weighted by molar-refractivity contribution is 5.91. The number of hydrogen-bond acceptors (Lipinski definition) is 5. The molecule has 0 saturated heterocycles. The predicted octanol–water partition coefficient (Wildman–Crippen LogP) is 2.25. The first-order valence-corrected chi connectivity index (χ1v) is 11.0. The molecular formula is C25H29N3O5. The second-order valence-electron chi connectivity index (χ2n) is 8.23. The molecule has 0 aromatic heterocycles. The third-order valence-corrected chi connectivity index (χ3v) is 5.70. The molecule has 4 N–H and O–H groups in total. The van der Waals surface area contributed by atoms with E-state index in [1.807, 2.05) is 60.7 Å². The number of rotatable bonds is 9. The van der Waals surface area contributed by atoms with Gasteiger partial charge in [0.2, 0.25) is 11.8 Å². The van der Waals surface area contributed by atoms with Gasteiger partial charge < -0.3 is 21.1 Å². The number of Topliss-reactive ketones (excluding diaryl/α,β-unsaturated/α-hetero) is 1. The number of amides is 3. The van der Waals surface area contributed by atoms with Gasteiger partial charge in [0, 0.05) is 19.3 Å². The Labute approximate surface area is 192 Å². The van der Waals surface area contributed by atoms with Crippen LogP contribution in [0.2, 0.25) is 0 Å². The Balaban J connectivity index is 1.68. The first kappa shape index (κ1) is 24.0. The minimum absolute atomic E-state index is 0.0511. The second kappa shape index (κ2) is 11.8. The zero-order valence-electron chi connectivity index (χ0n) is 18.4. The molecule has 33 heavy (non-hydrogen) atoms. The van der Waals surface area contributed by atoms with E-state index in [9.17, 15) is 19.2 Å². The predicted molar refractivity (Wildman–Crippen MR) is 122 cm³/mol. The molecule has 0 unspecified atom stereocenters. The topological polar surface area (TPSA) is 128 Å². The van der Waals surface area contributed by atoms with Crippen LogP contribution in [0.5, 0.6) is 0 Å². The van der Waals surface area contributed by atoms with Crippen LogP contribution in [0.1, 0.15) is 36.8 Å². The van der Waals surface area contributed by atoms with Gasteiger partial charge in [-0.15, -0.1) is 0 Å². The number of carbonyl (C=O) groups excluding carboxylic acids is 4. The molecule has 174 valence electrons. The first-order valence-electron chi connectivity index (χ1n) is 11.0. The molecule has 0 spiro atoms. The first-order chi connectivity index (χ1) is 15.9. The number of alkyl carbamates (subject to hydrolysis) is 1. The third-order valence-electron chi connectivity index (χ3n) is 5.70. The maximum atomic E-state index is 13.1. The van der Waals surface area contributed by atoms with Crippen molar-refractivity contribution in [3.05, 3.63) is 71.8 Å². The average Bonchev–Trinajstić information content (AvgIpc) is 2.82. The number of benzene rings is 2. The molecular weight excluding hydrogens is 422 g/mol. The smallest absolute Gasteiger partial charge is 0.408 e. The van der Waals surface area contributed by atoms with Crippen molar-refractivity contribution in [1.82, 2.24) is 10.6 Å². The van der Waals surface area contributed by atoms with E-state index in [1.54, 1.807) is 0 Å². The molecule has 2 aromatic carbocycles. The lowest BCUT2D eigenvalue weighted by atomic mass is 9.82. The summed E-state index contributed by atoms with van der Waals surface area (Å²) in [6, 6.07) is 16.4. The zero-order chi connectivity index (χ0) is 23.6. The normalized spacial score (nSPS) is 17.5. The molecule has 1 aliphatic rings. The molecule has 1 aliphatic carbocycles. The van der Waals surface area contributed by atoms with Crippen molar-refractivity contribution in [1.29, 1.82) is 0 Å². The van der Waals surface area contributed by atoms with Gasteiger partial charge in [-0.2, -0.15) is 0 Å². The van der Waals surface area contributed by atoms with E-state index >= 15 is 0 Å². The molecule has 1 saturated carbocycles. The Morgan fingerprint density at radius 3 is 2.21 bits per heavy atom. The summed E-state index contributed by atoms with van der Waals surface area (Å²) in [7, 11) is 0. The van der Waals surface area contributed by atoms with Gasteiger partial charge in [-0.25, -0.2) is 4.79 Å². The van der Waals surface area contributed by atoms with Gasteiger partial charge in [-0.1, -0.05) is 60.7 Å². The molecule has 1 fully saturated rings. The van der Waals surface area contributed by atoms with Crippen LogP contribution in [-0.4, -0.2) is 35.8 Å². The van der Waals surface area contributed by atoms with Crippen molar-refractivity contribution < 1.29 is 23.9 Å². The van der Waals surface area contributed by atoms with Crippen molar-refractivity contribution in [3.8, 4) is 0 Å². The summed E-state index contributed by atoms with van der Waals surface area (Å²) in [4.78, 5) is 49.5. The zero-order valence-corrected chi connectivity index (χ0v) is 18.4. The molecule has 8 nitrogen and oxygen atoms in total. The molecule has 3 rings (SSSR count). The molecule has 2 aromatic rings. The van der Waals surface area contributed by atoms with Crippen molar-refractivity contribution in [2.45, 2.75) is 50.8 Å².